The Kier molecular flexibility index (Phi) is 6.50. The first-order valence-electron chi connectivity index (χ1n) is 10.2. The van der Waals surface area contributed by atoms with Crippen molar-refractivity contribution in [1.82, 2.24) is 20.4 Å². The van der Waals surface area contributed by atoms with Crippen molar-refractivity contribution in [3.63, 3.8) is 0 Å². The van der Waals surface area contributed by atoms with Gasteiger partial charge in [0.25, 0.3) is 5.89 Å². The highest BCUT2D eigenvalue weighted by atomic mass is 32.2. The zero-order valence-corrected chi connectivity index (χ0v) is 19.3. The Bertz CT molecular complexity index is 1220. The number of carbonyl (C=O) groups excluding carboxylic acids is 1. The quantitative estimate of drug-likeness (QED) is 0.376. The van der Waals surface area contributed by atoms with Crippen molar-refractivity contribution in [1.29, 1.82) is 0 Å². The summed E-state index contributed by atoms with van der Waals surface area (Å²) in [6, 6.07) is 11.6. The number of aromatic nitrogens is 2. The van der Waals surface area contributed by atoms with E-state index >= 15 is 0 Å². The molecule has 0 radical (unpaired) electrons. The van der Waals surface area contributed by atoms with E-state index in [9.17, 15) is 9.18 Å². The molecule has 1 aromatic heterocycles. The second-order valence-corrected chi connectivity index (χ2v) is 8.21. The van der Waals surface area contributed by atoms with Crippen molar-refractivity contribution in [2.45, 2.75) is 17.9 Å². The number of amides is 2. The number of thioether (sulfide) groups is 1. The molecule has 1 N–H and O–H groups in total. The Balaban J connectivity index is 1.79. The highest BCUT2D eigenvalue weighted by molar-refractivity contribution is 7.98. The van der Waals surface area contributed by atoms with Gasteiger partial charge in [0, 0.05) is 22.7 Å². The predicted molar refractivity (Wildman–Crippen MR) is 125 cm³/mol. The van der Waals surface area contributed by atoms with Crippen LogP contribution in [0.25, 0.3) is 17.0 Å². The lowest BCUT2D eigenvalue weighted by Gasteiger charge is -2.34. The van der Waals surface area contributed by atoms with Crippen LogP contribution in [0.5, 0.6) is 5.75 Å². The molecule has 0 saturated carbocycles. The number of nitrogens with one attached hydrogen (secondary N) is 1. The van der Waals surface area contributed by atoms with Crippen molar-refractivity contribution in [3.05, 3.63) is 78.1 Å². The van der Waals surface area contributed by atoms with Crippen LogP contribution < -0.4 is 10.1 Å². The summed E-state index contributed by atoms with van der Waals surface area (Å²) in [5.74, 6) is 0.0812. The molecule has 0 bridgehead atoms. The molecule has 0 fully saturated rings. The van der Waals surface area contributed by atoms with Gasteiger partial charge in [0.15, 0.2) is 11.6 Å². The second-order valence-electron chi connectivity index (χ2n) is 7.33. The Morgan fingerprint density at radius 3 is 2.70 bits per heavy atom. The number of carbonyl (C=O) groups is 1. The largest absolute Gasteiger partial charge is 0.494 e. The first-order valence-corrected chi connectivity index (χ1v) is 11.4. The standard InChI is InChI=1S/C24H23FN4O3S/c1-5-12-29-14(2)20(21(26-24(29)30)15-6-9-17(33-4)10-7-15)23-27-22(28-32-23)16-8-11-19(31-3)18(25)13-16/h5-11,13,21H,1,12H2,2-4H3,(H,26,30). The number of ether oxygens (including phenoxy) is 1. The minimum atomic E-state index is -0.523. The number of nitrogens with zero attached hydrogens (tertiary/aromatic N) is 3. The molecule has 0 spiro atoms. The third-order valence-corrected chi connectivity index (χ3v) is 6.17. The summed E-state index contributed by atoms with van der Waals surface area (Å²) in [4.78, 5) is 20.0. The minimum Gasteiger partial charge on any atom is -0.494 e. The first kappa shape index (κ1) is 22.6. The number of hydrogen-bond donors (Lipinski definition) is 1. The fourth-order valence-corrected chi connectivity index (χ4v) is 4.12. The van der Waals surface area contributed by atoms with Crippen molar-refractivity contribution in [2.24, 2.45) is 0 Å². The molecule has 7 nitrogen and oxygen atoms in total. The van der Waals surface area contributed by atoms with Gasteiger partial charge in [-0.1, -0.05) is 23.4 Å². The lowest BCUT2D eigenvalue weighted by molar-refractivity contribution is 0.209. The van der Waals surface area contributed by atoms with Gasteiger partial charge in [0.05, 0.1) is 18.7 Å². The lowest BCUT2D eigenvalue weighted by Crippen LogP contribution is -2.46. The molecule has 2 aromatic carbocycles. The van der Waals surface area contributed by atoms with Gasteiger partial charge < -0.3 is 14.6 Å². The van der Waals surface area contributed by atoms with Crippen molar-refractivity contribution in [2.75, 3.05) is 19.9 Å². The average molecular weight is 467 g/mol. The summed E-state index contributed by atoms with van der Waals surface area (Å²) in [6.07, 6.45) is 3.65. The molecule has 1 aliphatic rings. The van der Waals surface area contributed by atoms with E-state index < -0.39 is 11.9 Å². The number of allylic oxidation sites excluding steroid dienone is 1. The van der Waals surface area contributed by atoms with Gasteiger partial charge in [-0.2, -0.15) is 4.98 Å². The Hall–Kier alpha value is -3.59. The van der Waals surface area contributed by atoms with Gasteiger partial charge in [0.2, 0.25) is 5.82 Å². The van der Waals surface area contributed by atoms with Crippen LogP contribution in [0.4, 0.5) is 9.18 Å². The van der Waals surface area contributed by atoms with E-state index in [2.05, 4.69) is 22.0 Å². The SMILES string of the molecule is C=CCN1C(=O)NC(c2ccc(SC)cc2)C(c2nc(-c3ccc(OC)c(F)c3)no2)=C1C. The number of benzene rings is 2. The van der Waals surface area contributed by atoms with Crippen molar-refractivity contribution >= 4 is 23.4 Å². The second kappa shape index (κ2) is 9.50. The van der Waals surface area contributed by atoms with Crippen LogP contribution in [0.1, 0.15) is 24.4 Å². The van der Waals surface area contributed by atoms with E-state index in [-0.39, 0.29) is 23.5 Å². The summed E-state index contributed by atoms with van der Waals surface area (Å²) in [5.41, 5.74) is 2.67. The Labute approximate surface area is 195 Å². The van der Waals surface area contributed by atoms with Crippen LogP contribution in [-0.4, -0.2) is 41.0 Å². The highest BCUT2D eigenvalue weighted by Crippen LogP contribution is 2.38. The van der Waals surface area contributed by atoms with E-state index in [1.165, 1.54) is 19.2 Å². The lowest BCUT2D eigenvalue weighted by atomic mass is 9.94. The van der Waals surface area contributed by atoms with E-state index in [4.69, 9.17) is 9.26 Å². The molecular formula is C24H23FN4O3S. The smallest absolute Gasteiger partial charge is 0.322 e. The summed E-state index contributed by atoms with van der Waals surface area (Å²) in [6.45, 7) is 5.89. The number of rotatable bonds is 7. The van der Waals surface area contributed by atoms with Gasteiger partial charge in [-0.25, -0.2) is 9.18 Å². The number of methoxy groups -OCH3 is 1. The zero-order chi connectivity index (χ0) is 23.5. The first-order chi connectivity index (χ1) is 16.0. The average Bonchev–Trinajstić information content (AvgIpc) is 3.31. The molecular weight excluding hydrogens is 443 g/mol. The number of hydrogen-bond acceptors (Lipinski definition) is 6. The van der Waals surface area contributed by atoms with Gasteiger partial charge in [-0.3, -0.25) is 4.90 Å². The molecule has 0 saturated heterocycles. The summed E-state index contributed by atoms with van der Waals surface area (Å²) in [5, 5.41) is 7.08. The van der Waals surface area contributed by atoms with Crippen LogP contribution >= 0.6 is 11.8 Å². The van der Waals surface area contributed by atoms with Gasteiger partial charge in [-0.15, -0.1) is 18.3 Å². The number of halogens is 1. The topological polar surface area (TPSA) is 80.5 Å². The van der Waals surface area contributed by atoms with Crippen LogP contribution in [0.3, 0.4) is 0 Å². The molecule has 4 rings (SSSR count). The maximum Gasteiger partial charge on any atom is 0.322 e. The maximum atomic E-state index is 14.2. The molecule has 1 atom stereocenters. The van der Waals surface area contributed by atoms with Crippen molar-refractivity contribution < 1.29 is 18.4 Å². The molecule has 1 aliphatic heterocycles. The molecule has 3 aromatic rings. The zero-order valence-electron chi connectivity index (χ0n) is 18.5. The molecule has 2 amide bonds. The number of urea groups is 1. The third kappa shape index (κ3) is 4.36. The molecule has 2 heterocycles. The normalized spacial score (nSPS) is 16.1. The van der Waals surface area contributed by atoms with Gasteiger partial charge >= 0.3 is 6.03 Å². The summed E-state index contributed by atoms with van der Waals surface area (Å²) < 4.78 is 24.8. The van der Waals surface area contributed by atoms with E-state index in [0.29, 0.717) is 23.4 Å². The molecule has 170 valence electrons. The van der Waals surface area contributed by atoms with Crippen LogP contribution in [0.2, 0.25) is 0 Å². The van der Waals surface area contributed by atoms with E-state index in [0.717, 1.165) is 10.5 Å². The summed E-state index contributed by atoms with van der Waals surface area (Å²) in [7, 11) is 1.40. The third-order valence-electron chi connectivity index (χ3n) is 5.42. The highest BCUT2D eigenvalue weighted by Gasteiger charge is 2.35. The van der Waals surface area contributed by atoms with Crippen LogP contribution in [0, 0.1) is 5.82 Å². The molecule has 33 heavy (non-hydrogen) atoms. The van der Waals surface area contributed by atoms with Crippen LogP contribution in [-0.2, 0) is 0 Å². The van der Waals surface area contributed by atoms with Crippen molar-refractivity contribution in [3.8, 4) is 17.1 Å². The monoisotopic (exact) mass is 466 g/mol. The van der Waals surface area contributed by atoms with Gasteiger partial charge in [-0.05, 0) is 49.1 Å². The maximum absolute atomic E-state index is 14.2. The summed E-state index contributed by atoms with van der Waals surface area (Å²) >= 11 is 1.63. The van der Waals surface area contributed by atoms with Gasteiger partial charge in [0.1, 0.15) is 0 Å². The molecule has 0 aliphatic carbocycles. The fourth-order valence-electron chi connectivity index (χ4n) is 3.71. The molecule has 1 unspecified atom stereocenters. The Morgan fingerprint density at radius 1 is 1.30 bits per heavy atom. The van der Waals surface area contributed by atoms with E-state index in [1.807, 2.05) is 37.4 Å². The fraction of sp³-hybridized carbons (Fsp3) is 0.208. The Morgan fingerprint density at radius 2 is 2.06 bits per heavy atom. The molecule has 9 heteroatoms. The minimum absolute atomic E-state index is 0.129. The van der Waals surface area contributed by atoms with Crippen LogP contribution in [0.15, 0.2) is 70.2 Å². The predicted octanol–water partition coefficient (Wildman–Crippen LogP) is 5.29. The van der Waals surface area contributed by atoms with E-state index in [1.54, 1.807) is 28.8 Å².